The molecule has 1 aromatic rings. The van der Waals surface area contributed by atoms with E-state index >= 15 is 0 Å². The highest BCUT2D eigenvalue weighted by molar-refractivity contribution is 5.94. The normalized spacial score (nSPS) is 17.2. The highest BCUT2D eigenvalue weighted by atomic mass is 19.4. The maximum Gasteiger partial charge on any atom is 0.391 e. The Morgan fingerprint density at radius 3 is 2.35 bits per heavy atom. The zero-order chi connectivity index (χ0) is 14.9. The minimum atomic E-state index is -4.14. The number of carboxylic acid groups (broad SMARTS) is 1. The molecular weight excluding hydrogens is 273 g/mol. The van der Waals surface area contributed by atoms with Gasteiger partial charge in [0.25, 0.3) is 0 Å². The Balaban J connectivity index is 2.08. The van der Waals surface area contributed by atoms with Crippen molar-refractivity contribution in [1.29, 1.82) is 0 Å². The average Bonchev–Trinajstić information content (AvgIpc) is 2.37. The molecule has 110 valence electrons. The maximum atomic E-state index is 12.6. The largest absolute Gasteiger partial charge is 0.478 e. The van der Waals surface area contributed by atoms with Gasteiger partial charge < -0.3 is 15.7 Å². The minimum absolute atomic E-state index is 0.000993. The van der Waals surface area contributed by atoms with Gasteiger partial charge in [-0.3, -0.25) is 0 Å². The SMILES string of the molecule is Nc1cc(N2CCC(C(F)(F)F)CC2)ccc1C(=O)O. The van der Waals surface area contributed by atoms with Gasteiger partial charge in [0.15, 0.2) is 0 Å². The van der Waals surface area contributed by atoms with Gasteiger partial charge in [-0.25, -0.2) is 4.79 Å². The third kappa shape index (κ3) is 2.97. The van der Waals surface area contributed by atoms with Crippen molar-refractivity contribution in [1.82, 2.24) is 0 Å². The van der Waals surface area contributed by atoms with Crippen LogP contribution in [0.15, 0.2) is 18.2 Å². The van der Waals surface area contributed by atoms with Crippen LogP contribution in [0.5, 0.6) is 0 Å². The van der Waals surface area contributed by atoms with Crippen LogP contribution in [0.3, 0.4) is 0 Å². The van der Waals surface area contributed by atoms with E-state index in [1.54, 1.807) is 11.0 Å². The average molecular weight is 288 g/mol. The summed E-state index contributed by atoms with van der Waals surface area (Å²) in [5.41, 5.74) is 6.42. The van der Waals surface area contributed by atoms with Crippen molar-refractivity contribution in [3.63, 3.8) is 0 Å². The van der Waals surface area contributed by atoms with E-state index in [-0.39, 0.29) is 37.2 Å². The van der Waals surface area contributed by atoms with E-state index < -0.39 is 18.1 Å². The Morgan fingerprint density at radius 2 is 1.90 bits per heavy atom. The topological polar surface area (TPSA) is 66.6 Å². The number of carboxylic acids is 1. The molecule has 0 aliphatic carbocycles. The monoisotopic (exact) mass is 288 g/mol. The van der Waals surface area contributed by atoms with Gasteiger partial charge in [-0.1, -0.05) is 0 Å². The van der Waals surface area contributed by atoms with Crippen LogP contribution in [0.1, 0.15) is 23.2 Å². The molecule has 0 atom stereocenters. The second-order valence-electron chi connectivity index (χ2n) is 4.88. The lowest BCUT2D eigenvalue weighted by Crippen LogP contribution is -2.39. The van der Waals surface area contributed by atoms with Crippen LogP contribution in [0.25, 0.3) is 0 Å². The quantitative estimate of drug-likeness (QED) is 0.821. The molecule has 0 amide bonds. The summed E-state index contributed by atoms with van der Waals surface area (Å²) in [6.07, 6.45) is -4.05. The minimum Gasteiger partial charge on any atom is -0.478 e. The Labute approximate surface area is 114 Å². The van der Waals surface area contributed by atoms with Crippen LogP contribution in [0, 0.1) is 5.92 Å². The van der Waals surface area contributed by atoms with Gasteiger partial charge in [0.05, 0.1) is 11.5 Å². The molecule has 1 fully saturated rings. The van der Waals surface area contributed by atoms with Crippen LogP contribution in [0.2, 0.25) is 0 Å². The smallest absolute Gasteiger partial charge is 0.391 e. The fourth-order valence-electron chi connectivity index (χ4n) is 2.41. The van der Waals surface area contributed by atoms with Crippen LogP contribution in [-0.4, -0.2) is 30.3 Å². The van der Waals surface area contributed by atoms with Gasteiger partial charge in [0, 0.05) is 24.5 Å². The molecular formula is C13H15F3N2O2. The van der Waals surface area contributed by atoms with Crippen molar-refractivity contribution in [2.24, 2.45) is 5.92 Å². The molecule has 20 heavy (non-hydrogen) atoms. The van der Waals surface area contributed by atoms with E-state index in [2.05, 4.69) is 0 Å². The molecule has 3 N–H and O–H groups in total. The molecule has 0 saturated carbocycles. The molecule has 4 nitrogen and oxygen atoms in total. The lowest BCUT2D eigenvalue weighted by Gasteiger charge is -2.34. The number of nitrogens with zero attached hydrogens (tertiary/aromatic N) is 1. The van der Waals surface area contributed by atoms with Crippen molar-refractivity contribution in [2.75, 3.05) is 23.7 Å². The van der Waals surface area contributed by atoms with E-state index in [0.29, 0.717) is 5.69 Å². The molecule has 1 aromatic carbocycles. The number of hydrogen-bond donors (Lipinski definition) is 2. The van der Waals surface area contributed by atoms with E-state index in [4.69, 9.17) is 10.8 Å². The standard InChI is InChI=1S/C13H15F3N2O2/c14-13(15,16)8-3-5-18(6-4-8)9-1-2-10(12(19)20)11(17)7-9/h1-2,7-8H,3-6,17H2,(H,19,20). The number of alkyl halides is 3. The number of carbonyl (C=O) groups is 1. The lowest BCUT2D eigenvalue weighted by atomic mass is 9.96. The number of aromatic carboxylic acids is 1. The molecule has 0 radical (unpaired) electrons. The van der Waals surface area contributed by atoms with Crippen molar-refractivity contribution in [3.05, 3.63) is 23.8 Å². The van der Waals surface area contributed by atoms with Crippen molar-refractivity contribution < 1.29 is 23.1 Å². The summed E-state index contributed by atoms with van der Waals surface area (Å²) < 4.78 is 37.7. The number of piperidine rings is 1. The summed E-state index contributed by atoms with van der Waals surface area (Å²) >= 11 is 0. The van der Waals surface area contributed by atoms with Gasteiger partial charge >= 0.3 is 12.1 Å². The summed E-state index contributed by atoms with van der Waals surface area (Å²) in [5.74, 6) is -2.38. The van der Waals surface area contributed by atoms with E-state index in [1.807, 2.05) is 0 Å². The summed E-state index contributed by atoms with van der Waals surface area (Å²) in [4.78, 5) is 12.6. The van der Waals surface area contributed by atoms with Crippen LogP contribution in [-0.2, 0) is 0 Å². The summed E-state index contributed by atoms with van der Waals surface area (Å²) in [6, 6.07) is 4.45. The Hall–Kier alpha value is -1.92. The fraction of sp³-hybridized carbons (Fsp3) is 0.462. The van der Waals surface area contributed by atoms with Gasteiger partial charge in [0.2, 0.25) is 0 Å². The van der Waals surface area contributed by atoms with Crippen molar-refractivity contribution in [2.45, 2.75) is 19.0 Å². The van der Waals surface area contributed by atoms with Crippen LogP contribution < -0.4 is 10.6 Å². The predicted octanol–water partition coefficient (Wildman–Crippen LogP) is 2.75. The number of benzene rings is 1. The Bertz CT molecular complexity index is 509. The number of anilines is 2. The number of rotatable bonds is 2. The van der Waals surface area contributed by atoms with Crippen LogP contribution >= 0.6 is 0 Å². The first-order valence-corrected chi connectivity index (χ1v) is 6.23. The van der Waals surface area contributed by atoms with Crippen molar-refractivity contribution in [3.8, 4) is 0 Å². The third-order valence-electron chi connectivity index (χ3n) is 3.59. The molecule has 0 spiro atoms. The predicted molar refractivity (Wildman–Crippen MR) is 68.8 cm³/mol. The molecule has 1 saturated heterocycles. The summed E-state index contributed by atoms with van der Waals surface area (Å²) in [5, 5.41) is 8.87. The van der Waals surface area contributed by atoms with E-state index in [0.717, 1.165) is 0 Å². The maximum absolute atomic E-state index is 12.6. The van der Waals surface area contributed by atoms with E-state index in [9.17, 15) is 18.0 Å². The molecule has 1 aliphatic heterocycles. The molecule has 0 aromatic heterocycles. The molecule has 7 heteroatoms. The second kappa shape index (κ2) is 5.22. The second-order valence-corrected chi connectivity index (χ2v) is 4.88. The molecule has 0 bridgehead atoms. The summed E-state index contributed by atoms with van der Waals surface area (Å²) in [6.45, 7) is 0.575. The van der Waals surface area contributed by atoms with Crippen LogP contribution in [0.4, 0.5) is 24.5 Å². The van der Waals surface area contributed by atoms with Gasteiger partial charge in [-0.2, -0.15) is 13.2 Å². The lowest BCUT2D eigenvalue weighted by molar-refractivity contribution is -0.179. The Kier molecular flexibility index (Phi) is 3.78. The fourth-order valence-corrected chi connectivity index (χ4v) is 2.41. The number of halogens is 3. The highest BCUT2D eigenvalue weighted by Gasteiger charge is 2.41. The zero-order valence-electron chi connectivity index (χ0n) is 10.7. The van der Waals surface area contributed by atoms with Gasteiger partial charge in [-0.05, 0) is 31.0 Å². The van der Waals surface area contributed by atoms with E-state index in [1.165, 1.54) is 12.1 Å². The summed E-state index contributed by atoms with van der Waals surface area (Å²) in [7, 11) is 0. The highest BCUT2D eigenvalue weighted by Crippen LogP contribution is 2.35. The number of nitrogens with two attached hydrogens (primary N) is 1. The molecule has 2 rings (SSSR count). The third-order valence-corrected chi connectivity index (χ3v) is 3.59. The number of hydrogen-bond acceptors (Lipinski definition) is 3. The molecule has 1 heterocycles. The van der Waals surface area contributed by atoms with Gasteiger partial charge in [0.1, 0.15) is 0 Å². The zero-order valence-corrected chi connectivity index (χ0v) is 10.7. The first-order valence-electron chi connectivity index (χ1n) is 6.23. The number of nitrogen functional groups attached to an aromatic ring is 1. The Morgan fingerprint density at radius 1 is 1.30 bits per heavy atom. The van der Waals surface area contributed by atoms with Crippen molar-refractivity contribution >= 4 is 17.3 Å². The van der Waals surface area contributed by atoms with Gasteiger partial charge in [-0.15, -0.1) is 0 Å². The first-order chi connectivity index (χ1) is 9.29. The first kappa shape index (κ1) is 14.5. The molecule has 1 aliphatic rings. The molecule has 0 unspecified atom stereocenters.